The third-order valence-corrected chi connectivity index (χ3v) is 4.79. The molecule has 1 aliphatic heterocycles. The van der Waals surface area contributed by atoms with Crippen LogP contribution in [-0.2, 0) is 11.3 Å². The van der Waals surface area contributed by atoms with Crippen LogP contribution in [0.1, 0.15) is 16.7 Å². The second-order valence-electron chi connectivity index (χ2n) is 5.25. The second-order valence-corrected chi connectivity index (χ2v) is 6.68. The highest BCUT2D eigenvalue weighted by Crippen LogP contribution is 2.33. The molecule has 1 aliphatic rings. The Labute approximate surface area is 143 Å². The molecule has 2 aromatic rings. The number of amides is 2. The van der Waals surface area contributed by atoms with E-state index < -0.39 is 0 Å². The fourth-order valence-electron chi connectivity index (χ4n) is 2.30. The van der Waals surface area contributed by atoms with E-state index in [9.17, 15) is 9.59 Å². The molecule has 0 unspecified atom stereocenters. The molecule has 2 amide bonds. The quantitative estimate of drug-likeness (QED) is 0.745. The first-order chi connectivity index (χ1) is 11.0. The highest BCUT2D eigenvalue weighted by molar-refractivity contribution is 8.18. The second kappa shape index (κ2) is 6.60. The molecule has 0 N–H and O–H groups in total. The van der Waals surface area contributed by atoms with Gasteiger partial charge in [-0.25, -0.2) is 0 Å². The van der Waals surface area contributed by atoms with E-state index >= 15 is 0 Å². The van der Waals surface area contributed by atoms with Gasteiger partial charge in [0.25, 0.3) is 11.1 Å². The summed E-state index contributed by atoms with van der Waals surface area (Å²) in [5.41, 5.74) is 2.88. The molecule has 1 saturated heterocycles. The Hall–Kier alpha value is -2.04. The molecule has 0 bridgehead atoms. The largest absolute Gasteiger partial charge is 0.293 e. The van der Waals surface area contributed by atoms with Crippen molar-refractivity contribution >= 4 is 40.6 Å². The SMILES string of the molecule is Cc1ccccc1CN1C(=O)S/C(=C\c2ccc(Cl)cc2)C1=O. The number of imide groups is 1. The smallest absolute Gasteiger partial charge is 0.268 e. The minimum atomic E-state index is -0.252. The maximum atomic E-state index is 12.5. The minimum absolute atomic E-state index is 0.238. The van der Waals surface area contributed by atoms with E-state index in [-0.39, 0.29) is 11.1 Å². The number of rotatable bonds is 3. The Bertz CT molecular complexity index is 799. The molecule has 2 aromatic carbocycles. The van der Waals surface area contributed by atoms with Crippen molar-refractivity contribution in [3.63, 3.8) is 0 Å². The number of thioether (sulfide) groups is 1. The molecule has 5 heteroatoms. The molecular formula is C18H14ClNO2S. The molecule has 0 aliphatic carbocycles. The van der Waals surface area contributed by atoms with Gasteiger partial charge < -0.3 is 0 Å². The average molecular weight is 344 g/mol. The minimum Gasteiger partial charge on any atom is -0.268 e. The maximum absolute atomic E-state index is 12.5. The zero-order chi connectivity index (χ0) is 16.4. The Balaban J connectivity index is 1.82. The molecule has 0 atom stereocenters. The topological polar surface area (TPSA) is 37.4 Å². The van der Waals surface area contributed by atoms with Gasteiger partial charge in [-0.05, 0) is 53.6 Å². The Kier molecular flexibility index (Phi) is 4.55. The summed E-state index contributed by atoms with van der Waals surface area (Å²) in [6, 6.07) is 14.9. The third kappa shape index (κ3) is 3.49. The van der Waals surface area contributed by atoms with Gasteiger partial charge in [0.05, 0.1) is 11.4 Å². The molecular weight excluding hydrogens is 330 g/mol. The molecule has 1 fully saturated rings. The summed E-state index contributed by atoms with van der Waals surface area (Å²) in [6.07, 6.45) is 1.72. The number of hydrogen-bond donors (Lipinski definition) is 0. The van der Waals surface area contributed by atoms with Gasteiger partial charge in [-0.1, -0.05) is 48.0 Å². The monoisotopic (exact) mass is 343 g/mol. The van der Waals surface area contributed by atoms with Gasteiger partial charge in [0.2, 0.25) is 0 Å². The predicted octanol–water partition coefficient (Wildman–Crippen LogP) is 4.88. The van der Waals surface area contributed by atoms with Crippen LogP contribution in [0.2, 0.25) is 5.02 Å². The van der Waals surface area contributed by atoms with E-state index in [1.165, 1.54) is 4.90 Å². The molecule has 0 saturated carbocycles. The number of benzene rings is 2. The van der Waals surface area contributed by atoms with Crippen LogP contribution in [0, 0.1) is 6.92 Å². The van der Waals surface area contributed by atoms with Crippen molar-refractivity contribution in [2.24, 2.45) is 0 Å². The normalized spacial score (nSPS) is 16.4. The van der Waals surface area contributed by atoms with Gasteiger partial charge in [-0.15, -0.1) is 0 Å². The lowest BCUT2D eigenvalue weighted by Gasteiger charge is -2.14. The molecule has 0 radical (unpaired) electrons. The summed E-state index contributed by atoms with van der Waals surface area (Å²) < 4.78 is 0. The van der Waals surface area contributed by atoms with Crippen molar-refractivity contribution < 1.29 is 9.59 Å². The number of halogens is 1. The lowest BCUT2D eigenvalue weighted by Crippen LogP contribution is -2.27. The highest BCUT2D eigenvalue weighted by Gasteiger charge is 2.35. The van der Waals surface area contributed by atoms with Crippen LogP contribution in [0.5, 0.6) is 0 Å². The first-order valence-corrected chi connectivity index (χ1v) is 8.29. The lowest BCUT2D eigenvalue weighted by molar-refractivity contribution is -0.123. The molecule has 23 heavy (non-hydrogen) atoms. The van der Waals surface area contributed by atoms with Crippen LogP contribution < -0.4 is 0 Å². The summed E-state index contributed by atoms with van der Waals surface area (Å²) in [5, 5.41) is 0.397. The third-order valence-electron chi connectivity index (χ3n) is 3.63. The number of nitrogens with zero attached hydrogens (tertiary/aromatic N) is 1. The molecule has 1 heterocycles. The van der Waals surface area contributed by atoms with E-state index in [1.54, 1.807) is 18.2 Å². The summed E-state index contributed by atoms with van der Waals surface area (Å²) in [7, 11) is 0. The van der Waals surface area contributed by atoms with Crippen molar-refractivity contribution in [1.29, 1.82) is 0 Å². The van der Waals surface area contributed by atoms with Crippen LogP contribution in [0.3, 0.4) is 0 Å². The van der Waals surface area contributed by atoms with Gasteiger partial charge in [0, 0.05) is 5.02 Å². The van der Waals surface area contributed by atoms with Crippen LogP contribution in [0.15, 0.2) is 53.4 Å². The van der Waals surface area contributed by atoms with Crippen LogP contribution in [0.4, 0.5) is 4.79 Å². The zero-order valence-corrected chi connectivity index (χ0v) is 14.0. The van der Waals surface area contributed by atoms with E-state index in [4.69, 9.17) is 11.6 Å². The Morgan fingerprint density at radius 2 is 1.78 bits per heavy atom. The first kappa shape index (κ1) is 15.8. The molecule has 0 spiro atoms. The van der Waals surface area contributed by atoms with Gasteiger partial charge in [0.1, 0.15) is 0 Å². The maximum Gasteiger partial charge on any atom is 0.293 e. The molecule has 0 aromatic heterocycles. The van der Waals surface area contributed by atoms with Crippen molar-refractivity contribution in [2.75, 3.05) is 0 Å². The fourth-order valence-corrected chi connectivity index (χ4v) is 3.27. The van der Waals surface area contributed by atoms with Gasteiger partial charge in [-0.2, -0.15) is 0 Å². The van der Waals surface area contributed by atoms with Crippen molar-refractivity contribution in [3.05, 3.63) is 75.1 Å². The standard InChI is InChI=1S/C18H14ClNO2S/c1-12-4-2-3-5-14(12)11-20-17(21)16(23-18(20)22)10-13-6-8-15(19)9-7-13/h2-10H,11H2,1H3/b16-10-. The number of hydrogen-bond acceptors (Lipinski definition) is 3. The van der Waals surface area contributed by atoms with Gasteiger partial charge >= 0.3 is 0 Å². The van der Waals surface area contributed by atoms with E-state index in [0.29, 0.717) is 16.5 Å². The average Bonchev–Trinajstić information content (AvgIpc) is 2.79. The predicted molar refractivity (Wildman–Crippen MR) is 94.1 cm³/mol. The Morgan fingerprint density at radius 1 is 1.09 bits per heavy atom. The number of carbonyl (C=O) groups is 2. The summed E-state index contributed by atoms with van der Waals surface area (Å²) in [5.74, 6) is -0.252. The summed E-state index contributed by atoms with van der Waals surface area (Å²) in [6.45, 7) is 2.27. The zero-order valence-electron chi connectivity index (χ0n) is 12.5. The fraction of sp³-hybridized carbons (Fsp3) is 0.111. The molecule has 3 nitrogen and oxygen atoms in total. The Morgan fingerprint density at radius 3 is 2.48 bits per heavy atom. The van der Waals surface area contributed by atoms with Crippen molar-refractivity contribution in [1.82, 2.24) is 4.90 Å². The highest BCUT2D eigenvalue weighted by atomic mass is 35.5. The van der Waals surface area contributed by atoms with Crippen LogP contribution >= 0.6 is 23.4 Å². The van der Waals surface area contributed by atoms with E-state index in [2.05, 4.69) is 0 Å². The van der Waals surface area contributed by atoms with Crippen LogP contribution in [0.25, 0.3) is 6.08 Å². The van der Waals surface area contributed by atoms with Gasteiger partial charge in [0.15, 0.2) is 0 Å². The summed E-state index contributed by atoms with van der Waals surface area (Å²) >= 11 is 6.82. The lowest BCUT2D eigenvalue weighted by atomic mass is 10.1. The molecule has 116 valence electrons. The summed E-state index contributed by atoms with van der Waals surface area (Å²) in [4.78, 5) is 26.4. The van der Waals surface area contributed by atoms with E-state index in [1.807, 2.05) is 43.3 Å². The van der Waals surface area contributed by atoms with Crippen molar-refractivity contribution in [2.45, 2.75) is 13.5 Å². The first-order valence-electron chi connectivity index (χ1n) is 7.10. The molecule has 3 rings (SSSR count). The van der Waals surface area contributed by atoms with Crippen molar-refractivity contribution in [3.8, 4) is 0 Å². The number of carbonyl (C=O) groups excluding carboxylic acids is 2. The van der Waals surface area contributed by atoms with E-state index in [0.717, 1.165) is 28.5 Å². The van der Waals surface area contributed by atoms with Gasteiger partial charge in [-0.3, -0.25) is 14.5 Å². The van der Waals surface area contributed by atoms with Crippen LogP contribution in [-0.4, -0.2) is 16.0 Å². The number of aryl methyl sites for hydroxylation is 1.